The van der Waals surface area contributed by atoms with E-state index >= 15 is 0 Å². The van der Waals surface area contributed by atoms with Gasteiger partial charge >= 0.3 is 0 Å². The van der Waals surface area contributed by atoms with Gasteiger partial charge in [0, 0.05) is 15.4 Å². The molecular formula is C15H22BrNOS. The van der Waals surface area contributed by atoms with Crippen molar-refractivity contribution in [3.63, 3.8) is 0 Å². The van der Waals surface area contributed by atoms with Crippen LogP contribution in [0.4, 0.5) is 0 Å². The molecule has 1 aromatic carbocycles. The van der Waals surface area contributed by atoms with E-state index in [1.54, 1.807) is 6.07 Å². The summed E-state index contributed by atoms with van der Waals surface area (Å²) in [5, 5.41) is 3.13. The fourth-order valence-corrected chi connectivity index (χ4v) is 2.67. The second kappa shape index (κ2) is 8.64. The van der Waals surface area contributed by atoms with Crippen molar-refractivity contribution in [2.24, 2.45) is 0 Å². The molecule has 0 aliphatic heterocycles. The lowest BCUT2D eigenvalue weighted by Crippen LogP contribution is -2.35. The van der Waals surface area contributed by atoms with Gasteiger partial charge in [0.15, 0.2) is 0 Å². The van der Waals surface area contributed by atoms with Crippen LogP contribution in [0.15, 0.2) is 27.6 Å². The largest absolute Gasteiger partial charge is 0.349 e. The molecule has 0 aliphatic carbocycles. The van der Waals surface area contributed by atoms with Crippen LogP contribution < -0.4 is 5.32 Å². The van der Waals surface area contributed by atoms with Gasteiger partial charge in [0.2, 0.25) is 0 Å². The second-order valence-corrected chi connectivity index (χ2v) is 6.14. The van der Waals surface area contributed by atoms with E-state index in [2.05, 4.69) is 47.7 Å². The molecule has 0 saturated heterocycles. The van der Waals surface area contributed by atoms with Crippen molar-refractivity contribution in [1.82, 2.24) is 5.32 Å². The van der Waals surface area contributed by atoms with Crippen LogP contribution in [0.25, 0.3) is 0 Å². The Kier molecular flexibility index (Phi) is 7.54. The summed E-state index contributed by atoms with van der Waals surface area (Å²) in [5.41, 5.74) is 0.658. The topological polar surface area (TPSA) is 29.1 Å². The van der Waals surface area contributed by atoms with Crippen LogP contribution in [-0.2, 0) is 0 Å². The lowest BCUT2D eigenvalue weighted by Gasteiger charge is -2.18. The number of hydrogen-bond donors (Lipinski definition) is 2. The molecule has 0 heterocycles. The van der Waals surface area contributed by atoms with Gasteiger partial charge in [-0.2, -0.15) is 0 Å². The van der Waals surface area contributed by atoms with Crippen LogP contribution in [0.5, 0.6) is 0 Å². The Hall–Kier alpha value is -0.480. The molecule has 0 saturated carbocycles. The van der Waals surface area contributed by atoms with Crippen molar-refractivity contribution in [3.05, 3.63) is 28.2 Å². The number of unbranched alkanes of at least 4 members (excludes halogenated alkanes) is 1. The molecule has 19 heavy (non-hydrogen) atoms. The molecular weight excluding hydrogens is 322 g/mol. The Morgan fingerprint density at radius 3 is 2.68 bits per heavy atom. The van der Waals surface area contributed by atoms with Crippen LogP contribution in [0.3, 0.4) is 0 Å². The highest BCUT2D eigenvalue weighted by Crippen LogP contribution is 2.20. The summed E-state index contributed by atoms with van der Waals surface area (Å²) in [6.45, 7) is 4.32. The summed E-state index contributed by atoms with van der Waals surface area (Å²) >= 11 is 7.70. The highest BCUT2D eigenvalue weighted by atomic mass is 79.9. The minimum absolute atomic E-state index is 0.0164. The zero-order valence-electron chi connectivity index (χ0n) is 11.6. The summed E-state index contributed by atoms with van der Waals surface area (Å²) in [7, 11) is 0. The van der Waals surface area contributed by atoms with Gasteiger partial charge in [-0.3, -0.25) is 4.79 Å². The average molecular weight is 344 g/mol. The Labute approximate surface area is 129 Å². The fourth-order valence-electron chi connectivity index (χ4n) is 2.04. The number of carbonyl (C=O) groups excluding carboxylic acids is 1. The zero-order chi connectivity index (χ0) is 14.3. The molecule has 4 heteroatoms. The summed E-state index contributed by atoms with van der Waals surface area (Å²) < 4.78 is 0.813. The normalized spacial score (nSPS) is 12.2. The molecule has 1 atom stereocenters. The molecule has 1 unspecified atom stereocenters. The summed E-state index contributed by atoms with van der Waals surface area (Å²) in [6.07, 6.45) is 5.48. The molecule has 0 spiro atoms. The average Bonchev–Trinajstić information content (AvgIpc) is 2.39. The van der Waals surface area contributed by atoms with Gasteiger partial charge in [0.25, 0.3) is 5.91 Å². The highest BCUT2D eigenvalue weighted by molar-refractivity contribution is 9.10. The quantitative estimate of drug-likeness (QED) is 0.682. The second-order valence-electron chi connectivity index (χ2n) is 4.77. The monoisotopic (exact) mass is 343 g/mol. The zero-order valence-corrected chi connectivity index (χ0v) is 14.1. The van der Waals surface area contributed by atoms with E-state index in [1.165, 1.54) is 0 Å². The number of benzene rings is 1. The van der Waals surface area contributed by atoms with Crippen molar-refractivity contribution in [2.45, 2.75) is 56.9 Å². The molecule has 106 valence electrons. The Bertz CT molecular complexity index is 423. The number of amides is 1. The predicted octanol–water partition coefficient (Wildman–Crippen LogP) is 4.83. The smallest absolute Gasteiger partial charge is 0.252 e. The first kappa shape index (κ1) is 16.6. The van der Waals surface area contributed by atoms with E-state index in [4.69, 9.17) is 0 Å². The fraction of sp³-hybridized carbons (Fsp3) is 0.533. The Balaban J connectivity index is 2.72. The molecule has 0 aliphatic rings. The third-order valence-corrected chi connectivity index (χ3v) is 4.04. The highest BCUT2D eigenvalue weighted by Gasteiger charge is 2.15. The molecule has 2 nitrogen and oxygen atoms in total. The van der Waals surface area contributed by atoms with Gasteiger partial charge in [0.1, 0.15) is 0 Å². The maximum Gasteiger partial charge on any atom is 0.252 e. The van der Waals surface area contributed by atoms with E-state index < -0.39 is 0 Å². The summed E-state index contributed by atoms with van der Waals surface area (Å²) in [4.78, 5) is 13.1. The number of rotatable bonds is 7. The molecule has 1 aromatic rings. The number of nitrogens with one attached hydrogen (secondary N) is 1. The van der Waals surface area contributed by atoms with E-state index in [9.17, 15) is 4.79 Å². The lowest BCUT2D eigenvalue weighted by molar-refractivity contribution is 0.0931. The molecule has 1 amide bonds. The lowest BCUT2D eigenvalue weighted by atomic mass is 10.0. The molecule has 0 radical (unpaired) electrons. The summed E-state index contributed by atoms with van der Waals surface area (Å²) in [6, 6.07) is 5.79. The van der Waals surface area contributed by atoms with E-state index in [0.29, 0.717) is 5.56 Å². The number of halogens is 1. The third-order valence-electron chi connectivity index (χ3n) is 3.07. The van der Waals surface area contributed by atoms with Crippen LogP contribution in [0.2, 0.25) is 0 Å². The minimum atomic E-state index is -0.0164. The van der Waals surface area contributed by atoms with E-state index in [-0.39, 0.29) is 11.9 Å². The van der Waals surface area contributed by atoms with Crippen LogP contribution in [-0.4, -0.2) is 11.9 Å². The first-order valence-electron chi connectivity index (χ1n) is 6.87. The van der Waals surface area contributed by atoms with Crippen LogP contribution in [0, 0.1) is 0 Å². The third kappa shape index (κ3) is 5.57. The maximum atomic E-state index is 12.3. The number of thiol groups is 1. The summed E-state index contributed by atoms with van der Waals surface area (Å²) in [5.74, 6) is -0.0164. The van der Waals surface area contributed by atoms with E-state index in [0.717, 1.165) is 41.5 Å². The van der Waals surface area contributed by atoms with Crippen molar-refractivity contribution in [3.8, 4) is 0 Å². The van der Waals surface area contributed by atoms with Crippen molar-refractivity contribution in [2.75, 3.05) is 0 Å². The van der Waals surface area contributed by atoms with Crippen LogP contribution in [0.1, 0.15) is 56.3 Å². The van der Waals surface area contributed by atoms with Crippen LogP contribution >= 0.6 is 28.6 Å². The SMILES string of the molecule is CCCCC(CCC)NC(=O)c1cc(S)ccc1Br. The van der Waals surface area contributed by atoms with Gasteiger partial charge in [-0.25, -0.2) is 0 Å². The first-order chi connectivity index (χ1) is 9.08. The maximum absolute atomic E-state index is 12.3. The van der Waals surface area contributed by atoms with Gasteiger partial charge in [-0.1, -0.05) is 33.1 Å². The first-order valence-corrected chi connectivity index (χ1v) is 8.11. The molecule has 0 aromatic heterocycles. The van der Waals surface area contributed by atoms with Crippen molar-refractivity contribution < 1.29 is 4.79 Å². The standard InChI is InChI=1S/C15H22BrNOS/c1-3-5-7-11(6-4-2)17-15(18)13-10-12(19)8-9-14(13)16/h8-11,19H,3-7H2,1-2H3,(H,17,18). The van der Waals surface area contributed by atoms with Gasteiger partial charge in [-0.05, 0) is 47.0 Å². The Morgan fingerprint density at radius 2 is 2.05 bits per heavy atom. The molecule has 0 fully saturated rings. The van der Waals surface area contributed by atoms with Gasteiger partial charge < -0.3 is 5.32 Å². The number of carbonyl (C=O) groups is 1. The van der Waals surface area contributed by atoms with E-state index in [1.807, 2.05) is 12.1 Å². The predicted molar refractivity (Wildman–Crippen MR) is 87.1 cm³/mol. The van der Waals surface area contributed by atoms with Gasteiger partial charge in [0.05, 0.1) is 5.56 Å². The van der Waals surface area contributed by atoms with Gasteiger partial charge in [-0.15, -0.1) is 12.6 Å². The van der Waals surface area contributed by atoms with Crippen molar-refractivity contribution >= 4 is 34.5 Å². The number of hydrogen-bond acceptors (Lipinski definition) is 2. The minimum Gasteiger partial charge on any atom is -0.349 e. The molecule has 1 rings (SSSR count). The van der Waals surface area contributed by atoms with Crippen molar-refractivity contribution in [1.29, 1.82) is 0 Å². The molecule has 0 bridgehead atoms. The molecule has 1 N–H and O–H groups in total. The Morgan fingerprint density at radius 1 is 1.32 bits per heavy atom.